The van der Waals surface area contributed by atoms with E-state index < -0.39 is 5.41 Å². The fourth-order valence-corrected chi connectivity index (χ4v) is 1.71. The van der Waals surface area contributed by atoms with Gasteiger partial charge in [-0.1, -0.05) is 18.1 Å². The van der Waals surface area contributed by atoms with Crippen LogP contribution in [0.5, 0.6) is 0 Å². The third-order valence-electron chi connectivity index (χ3n) is 2.70. The number of amides is 1. The van der Waals surface area contributed by atoms with Gasteiger partial charge in [0.2, 0.25) is 5.91 Å². The summed E-state index contributed by atoms with van der Waals surface area (Å²) in [5.74, 6) is 2.44. The van der Waals surface area contributed by atoms with Crippen LogP contribution in [-0.2, 0) is 10.2 Å². The van der Waals surface area contributed by atoms with Crippen molar-refractivity contribution in [2.24, 2.45) is 0 Å². The van der Waals surface area contributed by atoms with Gasteiger partial charge in [-0.3, -0.25) is 4.79 Å². The van der Waals surface area contributed by atoms with Crippen LogP contribution in [0.15, 0.2) is 18.2 Å². The highest BCUT2D eigenvalue weighted by molar-refractivity contribution is 6.08. The molecule has 0 radical (unpaired) electrons. The summed E-state index contributed by atoms with van der Waals surface area (Å²) in [5.41, 5.74) is 2.06. The van der Waals surface area contributed by atoms with Crippen LogP contribution < -0.4 is 5.32 Å². The molecule has 1 amide bonds. The first-order valence-corrected chi connectivity index (χ1v) is 4.48. The summed E-state index contributed by atoms with van der Waals surface area (Å²) in [6.45, 7) is 3.75. The number of terminal acetylenes is 1. The Bertz CT molecular complexity index is 456. The predicted molar refractivity (Wildman–Crippen MR) is 56.0 cm³/mol. The van der Waals surface area contributed by atoms with Gasteiger partial charge in [0.05, 0.1) is 0 Å². The second kappa shape index (κ2) is 2.62. The maximum absolute atomic E-state index is 11.6. The standard InChI is InChI=1S/C12H11NO/c1-4-12(3)9-6-5-8(2)7-10(9)13-11(12)14/h1,5-7H,2-3H3,(H,13,14). The number of nitrogens with one attached hydrogen (secondary N) is 1. The Morgan fingerprint density at radius 3 is 2.86 bits per heavy atom. The van der Waals surface area contributed by atoms with Gasteiger partial charge >= 0.3 is 0 Å². The van der Waals surface area contributed by atoms with Crippen LogP contribution >= 0.6 is 0 Å². The highest BCUT2D eigenvalue weighted by Crippen LogP contribution is 2.37. The van der Waals surface area contributed by atoms with E-state index in [4.69, 9.17) is 6.42 Å². The zero-order valence-corrected chi connectivity index (χ0v) is 8.22. The van der Waals surface area contributed by atoms with E-state index in [9.17, 15) is 4.79 Å². The molecule has 1 heterocycles. The summed E-state index contributed by atoms with van der Waals surface area (Å²) >= 11 is 0. The average molecular weight is 185 g/mol. The van der Waals surface area contributed by atoms with Crippen molar-refractivity contribution in [2.45, 2.75) is 19.3 Å². The van der Waals surface area contributed by atoms with Crippen molar-refractivity contribution in [3.05, 3.63) is 29.3 Å². The normalized spacial score (nSPS) is 23.9. The monoisotopic (exact) mass is 185 g/mol. The van der Waals surface area contributed by atoms with Crippen LogP contribution in [0.3, 0.4) is 0 Å². The molecule has 2 heteroatoms. The van der Waals surface area contributed by atoms with E-state index in [1.165, 1.54) is 0 Å². The van der Waals surface area contributed by atoms with Gasteiger partial charge < -0.3 is 5.32 Å². The summed E-state index contributed by atoms with van der Waals surface area (Å²) in [6, 6.07) is 5.83. The van der Waals surface area contributed by atoms with E-state index in [0.717, 1.165) is 16.8 Å². The number of carbonyl (C=O) groups excluding carboxylic acids is 1. The molecule has 1 unspecified atom stereocenters. The summed E-state index contributed by atoms with van der Waals surface area (Å²) < 4.78 is 0. The highest BCUT2D eigenvalue weighted by Gasteiger charge is 2.40. The van der Waals surface area contributed by atoms with Gasteiger partial charge in [0.15, 0.2) is 0 Å². The van der Waals surface area contributed by atoms with Crippen molar-refractivity contribution in [3.63, 3.8) is 0 Å². The van der Waals surface area contributed by atoms with Gasteiger partial charge in [0.25, 0.3) is 0 Å². The first kappa shape index (κ1) is 8.83. The van der Waals surface area contributed by atoms with Crippen LogP contribution in [0.4, 0.5) is 5.69 Å². The molecule has 1 aliphatic rings. The first-order valence-electron chi connectivity index (χ1n) is 4.48. The number of aryl methyl sites for hydroxylation is 1. The molecule has 14 heavy (non-hydrogen) atoms. The summed E-state index contributed by atoms with van der Waals surface area (Å²) in [6.07, 6.45) is 5.40. The van der Waals surface area contributed by atoms with Gasteiger partial charge in [0, 0.05) is 11.3 Å². The molecular weight excluding hydrogens is 174 g/mol. The molecule has 2 nitrogen and oxygen atoms in total. The summed E-state index contributed by atoms with van der Waals surface area (Å²) in [5, 5.41) is 2.80. The molecule has 1 aromatic carbocycles. The molecule has 1 N–H and O–H groups in total. The van der Waals surface area contributed by atoms with E-state index in [0.29, 0.717) is 0 Å². The fraction of sp³-hybridized carbons (Fsp3) is 0.250. The maximum atomic E-state index is 11.6. The second-order valence-corrected chi connectivity index (χ2v) is 3.77. The minimum atomic E-state index is -0.803. The molecule has 1 aromatic rings. The van der Waals surface area contributed by atoms with Crippen molar-refractivity contribution in [1.29, 1.82) is 0 Å². The van der Waals surface area contributed by atoms with Crippen LogP contribution in [0.2, 0.25) is 0 Å². The lowest BCUT2D eigenvalue weighted by Crippen LogP contribution is -2.28. The summed E-state index contributed by atoms with van der Waals surface area (Å²) in [7, 11) is 0. The maximum Gasteiger partial charge on any atom is 0.246 e. The van der Waals surface area contributed by atoms with Crippen molar-refractivity contribution < 1.29 is 4.79 Å². The zero-order chi connectivity index (χ0) is 10.3. The van der Waals surface area contributed by atoms with Crippen molar-refractivity contribution in [2.75, 3.05) is 5.32 Å². The SMILES string of the molecule is C#CC1(C)C(=O)Nc2cc(C)ccc21. The Labute approximate surface area is 83.3 Å². The number of fused-ring (bicyclic) bond motifs is 1. The van der Waals surface area contributed by atoms with E-state index in [-0.39, 0.29) is 5.91 Å². The Morgan fingerprint density at radius 1 is 1.50 bits per heavy atom. The van der Waals surface area contributed by atoms with Crippen LogP contribution in [-0.4, -0.2) is 5.91 Å². The van der Waals surface area contributed by atoms with Gasteiger partial charge in [0.1, 0.15) is 5.41 Å². The molecule has 1 aliphatic heterocycles. The third-order valence-corrected chi connectivity index (χ3v) is 2.70. The summed E-state index contributed by atoms with van der Waals surface area (Å²) in [4.78, 5) is 11.6. The minimum absolute atomic E-state index is 0.111. The third kappa shape index (κ3) is 0.958. The Hall–Kier alpha value is -1.75. The van der Waals surface area contributed by atoms with Crippen molar-refractivity contribution in [1.82, 2.24) is 0 Å². The molecule has 0 bridgehead atoms. The van der Waals surface area contributed by atoms with Crippen molar-refractivity contribution in [3.8, 4) is 12.3 Å². The second-order valence-electron chi connectivity index (χ2n) is 3.77. The Morgan fingerprint density at radius 2 is 2.21 bits per heavy atom. The van der Waals surface area contributed by atoms with E-state index in [1.54, 1.807) is 6.92 Å². The molecule has 0 aliphatic carbocycles. The van der Waals surface area contributed by atoms with Gasteiger partial charge in [-0.25, -0.2) is 0 Å². The number of hydrogen-bond donors (Lipinski definition) is 1. The number of rotatable bonds is 0. The number of anilines is 1. The highest BCUT2D eigenvalue weighted by atomic mass is 16.2. The smallest absolute Gasteiger partial charge is 0.246 e. The van der Waals surface area contributed by atoms with Crippen molar-refractivity contribution >= 4 is 11.6 Å². The largest absolute Gasteiger partial charge is 0.324 e. The van der Waals surface area contributed by atoms with Crippen LogP contribution in [0, 0.1) is 19.3 Å². The Kier molecular flexibility index (Phi) is 1.65. The molecular formula is C12H11NO. The molecule has 1 atom stereocenters. The molecule has 0 saturated heterocycles. The molecule has 0 fully saturated rings. The average Bonchev–Trinajstić information content (AvgIpc) is 2.39. The van der Waals surface area contributed by atoms with Gasteiger partial charge in [-0.05, 0) is 25.5 Å². The Balaban J connectivity index is 2.66. The van der Waals surface area contributed by atoms with Gasteiger partial charge in [-0.15, -0.1) is 6.42 Å². The lowest BCUT2D eigenvalue weighted by Gasteiger charge is -2.13. The van der Waals surface area contributed by atoms with E-state index >= 15 is 0 Å². The van der Waals surface area contributed by atoms with E-state index in [1.807, 2.05) is 25.1 Å². The molecule has 70 valence electrons. The number of benzene rings is 1. The quantitative estimate of drug-likeness (QED) is 0.614. The zero-order valence-electron chi connectivity index (χ0n) is 8.22. The first-order chi connectivity index (χ1) is 6.58. The topological polar surface area (TPSA) is 29.1 Å². The lowest BCUT2D eigenvalue weighted by molar-refractivity contribution is -0.118. The van der Waals surface area contributed by atoms with Gasteiger partial charge in [-0.2, -0.15) is 0 Å². The molecule has 2 rings (SSSR count). The molecule has 0 spiro atoms. The predicted octanol–water partition coefficient (Wildman–Crippen LogP) is 1.84. The lowest BCUT2D eigenvalue weighted by atomic mass is 9.84. The molecule has 0 aromatic heterocycles. The number of hydrogen-bond acceptors (Lipinski definition) is 1. The fourth-order valence-electron chi connectivity index (χ4n) is 1.71. The van der Waals surface area contributed by atoms with Crippen LogP contribution in [0.1, 0.15) is 18.1 Å². The van der Waals surface area contributed by atoms with Crippen LogP contribution in [0.25, 0.3) is 0 Å². The number of carbonyl (C=O) groups is 1. The molecule has 0 saturated carbocycles. The minimum Gasteiger partial charge on any atom is -0.324 e. The van der Waals surface area contributed by atoms with E-state index in [2.05, 4.69) is 11.2 Å².